The molecule has 1 fully saturated rings. The van der Waals surface area contributed by atoms with Crippen molar-refractivity contribution in [3.8, 4) is 0 Å². The van der Waals surface area contributed by atoms with Crippen LogP contribution in [0, 0.1) is 5.82 Å². The van der Waals surface area contributed by atoms with E-state index in [2.05, 4.69) is 22.9 Å². The van der Waals surface area contributed by atoms with E-state index in [4.69, 9.17) is 11.6 Å². The molecule has 1 nitrogen and oxygen atoms in total. The number of carbonyl (C=O) groups excluding carboxylic acids is 1. The second-order valence-corrected chi connectivity index (χ2v) is 5.32. The van der Waals surface area contributed by atoms with Crippen LogP contribution in [-0.2, 0) is 5.41 Å². The summed E-state index contributed by atoms with van der Waals surface area (Å²) in [6.07, 6.45) is 2.56. The Kier molecular flexibility index (Phi) is 2.63. The SMILES string of the molecule is CC1(c2c(Cl)cc(F)c(C=O)c2Br)CC1. The summed E-state index contributed by atoms with van der Waals surface area (Å²) < 4.78 is 13.9. The molecule has 4 heteroatoms. The predicted octanol–water partition coefficient (Wildman–Crippen LogP) is 4.11. The number of aldehydes is 1. The van der Waals surface area contributed by atoms with Gasteiger partial charge in [-0.15, -0.1) is 0 Å². The number of carbonyl (C=O) groups is 1. The van der Waals surface area contributed by atoms with E-state index >= 15 is 0 Å². The molecule has 0 aliphatic heterocycles. The van der Waals surface area contributed by atoms with Crippen molar-refractivity contribution in [3.63, 3.8) is 0 Å². The van der Waals surface area contributed by atoms with E-state index < -0.39 is 5.82 Å². The van der Waals surface area contributed by atoms with E-state index in [0.717, 1.165) is 18.4 Å². The first-order valence-corrected chi connectivity index (χ1v) is 5.80. The first-order chi connectivity index (χ1) is 6.99. The van der Waals surface area contributed by atoms with Crippen molar-refractivity contribution in [2.24, 2.45) is 0 Å². The van der Waals surface area contributed by atoms with E-state index in [1.54, 1.807) is 0 Å². The van der Waals surface area contributed by atoms with Gasteiger partial charge in [-0.1, -0.05) is 18.5 Å². The van der Waals surface area contributed by atoms with Crippen LogP contribution in [0.4, 0.5) is 4.39 Å². The molecule has 1 aliphatic carbocycles. The van der Waals surface area contributed by atoms with Gasteiger partial charge in [0.2, 0.25) is 0 Å². The summed E-state index contributed by atoms with van der Waals surface area (Å²) in [5.74, 6) is -0.574. The fourth-order valence-electron chi connectivity index (χ4n) is 1.70. The van der Waals surface area contributed by atoms with E-state index in [0.29, 0.717) is 15.8 Å². The highest BCUT2D eigenvalue weighted by atomic mass is 79.9. The third-order valence-corrected chi connectivity index (χ3v) is 4.05. The first-order valence-electron chi connectivity index (χ1n) is 4.63. The third kappa shape index (κ3) is 1.72. The Morgan fingerprint density at radius 3 is 2.67 bits per heavy atom. The highest BCUT2D eigenvalue weighted by Crippen LogP contribution is 2.53. The number of benzene rings is 1. The van der Waals surface area contributed by atoms with Gasteiger partial charge in [-0.05, 0) is 45.8 Å². The van der Waals surface area contributed by atoms with Crippen molar-refractivity contribution < 1.29 is 9.18 Å². The molecule has 0 spiro atoms. The van der Waals surface area contributed by atoms with Crippen LogP contribution < -0.4 is 0 Å². The Labute approximate surface area is 101 Å². The van der Waals surface area contributed by atoms with Crippen molar-refractivity contribution in [2.75, 3.05) is 0 Å². The summed E-state index contributed by atoms with van der Waals surface area (Å²) in [6.45, 7) is 2.06. The van der Waals surface area contributed by atoms with Crippen LogP contribution in [0.3, 0.4) is 0 Å². The van der Waals surface area contributed by atoms with Gasteiger partial charge < -0.3 is 0 Å². The fraction of sp³-hybridized carbons (Fsp3) is 0.364. The van der Waals surface area contributed by atoms with Crippen LogP contribution in [0.25, 0.3) is 0 Å². The second kappa shape index (κ2) is 3.56. The smallest absolute Gasteiger partial charge is 0.154 e. The monoisotopic (exact) mass is 290 g/mol. The lowest BCUT2D eigenvalue weighted by Gasteiger charge is -2.15. The molecule has 15 heavy (non-hydrogen) atoms. The lowest BCUT2D eigenvalue weighted by molar-refractivity contribution is 0.111. The molecule has 0 bridgehead atoms. The summed E-state index contributed by atoms with van der Waals surface area (Å²) >= 11 is 9.27. The highest BCUT2D eigenvalue weighted by Gasteiger charge is 2.42. The van der Waals surface area contributed by atoms with Gasteiger partial charge in [0, 0.05) is 9.50 Å². The quantitative estimate of drug-likeness (QED) is 0.750. The molecule has 0 radical (unpaired) electrons. The fourth-order valence-corrected chi connectivity index (χ4v) is 3.21. The van der Waals surface area contributed by atoms with Crippen molar-refractivity contribution in [1.82, 2.24) is 0 Å². The predicted molar refractivity (Wildman–Crippen MR) is 61.1 cm³/mol. The molecule has 80 valence electrons. The first kappa shape index (κ1) is 11.1. The minimum absolute atomic E-state index is 0.00137. The van der Waals surface area contributed by atoms with Crippen LogP contribution in [0.1, 0.15) is 35.7 Å². The molecular formula is C11H9BrClFO. The molecule has 0 aromatic heterocycles. The zero-order valence-corrected chi connectivity index (χ0v) is 10.5. The lowest BCUT2D eigenvalue weighted by Crippen LogP contribution is -2.06. The zero-order chi connectivity index (χ0) is 11.2. The average molecular weight is 292 g/mol. The Bertz CT molecular complexity index is 441. The maximum absolute atomic E-state index is 13.4. The van der Waals surface area contributed by atoms with Gasteiger partial charge in [0.15, 0.2) is 6.29 Å². The number of halogens is 3. The summed E-state index contributed by atoms with van der Waals surface area (Å²) in [5, 5.41) is 0.393. The van der Waals surface area contributed by atoms with Crippen molar-refractivity contribution in [2.45, 2.75) is 25.2 Å². The Hall–Kier alpha value is -0.410. The van der Waals surface area contributed by atoms with Crippen LogP contribution in [0.5, 0.6) is 0 Å². The largest absolute Gasteiger partial charge is 0.298 e. The number of hydrogen-bond acceptors (Lipinski definition) is 1. The van der Waals surface area contributed by atoms with Gasteiger partial charge in [-0.25, -0.2) is 4.39 Å². The number of rotatable bonds is 2. The Morgan fingerprint density at radius 1 is 1.60 bits per heavy atom. The van der Waals surface area contributed by atoms with Gasteiger partial charge in [0.1, 0.15) is 5.82 Å². The second-order valence-electron chi connectivity index (χ2n) is 4.12. The van der Waals surface area contributed by atoms with E-state index in [-0.39, 0.29) is 11.0 Å². The normalized spacial score (nSPS) is 17.6. The molecule has 1 aromatic rings. The van der Waals surface area contributed by atoms with Gasteiger partial charge in [0.25, 0.3) is 0 Å². The Morgan fingerprint density at radius 2 is 2.20 bits per heavy atom. The standard InChI is InChI=1S/C11H9BrClFO/c1-11(2-3-11)9-7(13)4-8(14)6(5-15)10(9)12/h4-5H,2-3H2,1H3. The van der Waals surface area contributed by atoms with Gasteiger partial charge >= 0.3 is 0 Å². The summed E-state index contributed by atoms with van der Waals surface area (Å²) in [7, 11) is 0. The summed E-state index contributed by atoms with van der Waals surface area (Å²) in [6, 6.07) is 1.22. The van der Waals surface area contributed by atoms with Crippen LogP contribution >= 0.6 is 27.5 Å². The molecule has 0 amide bonds. The minimum atomic E-state index is -0.574. The zero-order valence-electron chi connectivity index (χ0n) is 8.11. The molecule has 0 heterocycles. The maximum Gasteiger partial charge on any atom is 0.154 e. The van der Waals surface area contributed by atoms with Crippen LogP contribution in [-0.4, -0.2) is 6.29 Å². The molecule has 1 saturated carbocycles. The third-order valence-electron chi connectivity index (χ3n) is 2.93. The van der Waals surface area contributed by atoms with E-state index in [9.17, 15) is 9.18 Å². The molecule has 1 aromatic carbocycles. The molecule has 0 atom stereocenters. The van der Waals surface area contributed by atoms with E-state index in [1.807, 2.05) is 0 Å². The molecule has 1 aliphatic rings. The van der Waals surface area contributed by atoms with Gasteiger partial charge in [-0.2, -0.15) is 0 Å². The van der Waals surface area contributed by atoms with Crippen molar-refractivity contribution >= 4 is 33.8 Å². The van der Waals surface area contributed by atoms with Crippen LogP contribution in [0.15, 0.2) is 10.5 Å². The van der Waals surface area contributed by atoms with Gasteiger partial charge in [-0.3, -0.25) is 4.79 Å². The Balaban J connectivity index is 2.69. The van der Waals surface area contributed by atoms with Crippen molar-refractivity contribution in [1.29, 1.82) is 0 Å². The highest BCUT2D eigenvalue weighted by molar-refractivity contribution is 9.10. The number of hydrogen-bond donors (Lipinski definition) is 0. The summed E-state index contributed by atoms with van der Waals surface area (Å²) in [5.41, 5.74) is 0.914. The molecule has 0 saturated heterocycles. The van der Waals surface area contributed by atoms with E-state index in [1.165, 1.54) is 6.07 Å². The molecular weight excluding hydrogens is 282 g/mol. The summed E-state index contributed by atoms with van der Waals surface area (Å²) in [4.78, 5) is 10.7. The topological polar surface area (TPSA) is 17.1 Å². The lowest BCUT2D eigenvalue weighted by atomic mass is 9.96. The minimum Gasteiger partial charge on any atom is -0.298 e. The van der Waals surface area contributed by atoms with Gasteiger partial charge in [0.05, 0.1) is 5.56 Å². The molecule has 0 N–H and O–H groups in total. The van der Waals surface area contributed by atoms with Crippen molar-refractivity contribution in [3.05, 3.63) is 32.5 Å². The van der Waals surface area contributed by atoms with Crippen LogP contribution in [0.2, 0.25) is 5.02 Å². The molecule has 0 unspecified atom stereocenters. The average Bonchev–Trinajstić information content (AvgIpc) is 2.83. The maximum atomic E-state index is 13.4. The molecule has 2 rings (SSSR count).